The molecule has 0 radical (unpaired) electrons. The van der Waals surface area contributed by atoms with Crippen molar-refractivity contribution >= 4 is 17.6 Å². The fourth-order valence-electron chi connectivity index (χ4n) is 3.54. The first kappa shape index (κ1) is 25.9. The van der Waals surface area contributed by atoms with Crippen LogP contribution in [-0.4, -0.2) is 38.9 Å². The van der Waals surface area contributed by atoms with Gasteiger partial charge in [0, 0.05) is 11.5 Å². The number of amides is 1. The standard InChI is InChI=1S/C26H24F3N3O5/c1-25(2,24(34)35)36-19-5-3-4-15(12-19)13-21(33)31-20-14-30-23(32-22(20)16-6-7-16)17-8-10-18(11-9-17)37-26(27,28)29/h3-5,8-12,14,16H,6-7,13H2,1-2H3,(H,31,33)(H,34,35). The minimum atomic E-state index is -4.78. The number of nitrogens with zero attached hydrogens (tertiary/aromatic N) is 2. The summed E-state index contributed by atoms with van der Waals surface area (Å²) in [5.41, 5.74) is 0.838. The molecule has 1 aliphatic rings. The lowest BCUT2D eigenvalue weighted by atomic mass is 10.1. The summed E-state index contributed by atoms with van der Waals surface area (Å²) in [5, 5.41) is 12.1. The van der Waals surface area contributed by atoms with Crippen molar-refractivity contribution in [1.29, 1.82) is 0 Å². The Bertz CT molecular complexity index is 1310. The lowest BCUT2D eigenvalue weighted by Gasteiger charge is -2.21. The van der Waals surface area contributed by atoms with Gasteiger partial charge in [-0.1, -0.05) is 12.1 Å². The molecule has 11 heteroatoms. The summed E-state index contributed by atoms with van der Waals surface area (Å²) in [5.74, 6) is -0.970. The number of hydrogen-bond acceptors (Lipinski definition) is 6. The second-order valence-electron chi connectivity index (χ2n) is 9.13. The summed E-state index contributed by atoms with van der Waals surface area (Å²) in [6.07, 6.45) is -1.48. The molecule has 0 saturated heterocycles. The van der Waals surface area contributed by atoms with Crippen LogP contribution in [0.5, 0.6) is 11.5 Å². The number of carboxylic acids is 1. The Hall–Kier alpha value is -4.15. The molecule has 1 fully saturated rings. The maximum atomic E-state index is 12.8. The average Bonchev–Trinajstić information content (AvgIpc) is 3.64. The van der Waals surface area contributed by atoms with Crippen molar-refractivity contribution in [3.63, 3.8) is 0 Å². The van der Waals surface area contributed by atoms with Crippen molar-refractivity contribution in [2.75, 3.05) is 5.32 Å². The van der Waals surface area contributed by atoms with Gasteiger partial charge in [-0.3, -0.25) is 4.79 Å². The number of alkyl halides is 3. The number of nitrogens with one attached hydrogen (secondary N) is 1. The third kappa shape index (κ3) is 6.96. The van der Waals surface area contributed by atoms with Gasteiger partial charge in [-0.05, 0) is 68.7 Å². The number of anilines is 1. The highest BCUT2D eigenvalue weighted by Crippen LogP contribution is 2.42. The van der Waals surface area contributed by atoms with Crippen LogP contribution >= 0.6 is 0 Å². The van der Waals surface area contributed by atoms with Gasteiger partial charge in [0.25, 0.3) is 0 Å². The van der Waals surface area contributed by atoms with Crippen LogP contribution in [0.4, 0.5) is 18.9 Å². The smallest absolute Gasteiger partial charge is 0.478 e. The van der Waals surface area contributed by atoms with Gasteiger partial charge in [0.1, 0.15) is 11.5 Å². The van der Waals surface area contributed by atoms with Gasteiger partial charge >= 0.3 is 12.3 Å². The molecule has 2 N–H and O–H groups in total. The van der Waals surface area contributed by atoms with E-state index in [2.05, 4.69) is 20.0 Å². The van der Waals surface area contributed by atoms with Gasteiger partial charge in [0.15, 0.2) is 11.4 Å². The van der Waals surface area contributed by atoms with Crippen LogP contribution in [0.3, 0.4) is 0 Å². The van der Waals surface area contributed by atoms with Gasteiger partial charge in [-0.15, -0.1) is 13.2 Å². The number of aliphatic carboxylic acids is 1. The monoisotopic (exact) mass is 515 g/mol. The van der Waals surface area contributed by atoms with E-state index in [1.165, 1.54) is 44.3 Å². The second kappa shape index (κ2) is 10.1. The van der Waals surface area contributed by atoms with Crippen LogP contribution < -0.4 is 14.8 Å². The van der Waals surface area contributed by atoms with Gasteiger partial charge in [-0.25, -0.2) is 14.8 Å². The Morgan fingerprint density at radius 2 is 1.76 bits per heavy atom. The molecule has 0 unspecified atom stereocenters. The van der Waals surface area contributed by atoms with Gasteiger partial charge in [0.05, 0.1) is 24.0 Å². The van der Waals surface area contributed by atoms with Gasteiger partial charge < -0.3 is 19.9 Å². The second-order valence-corrected chi connectivity index (χ2v) is 9.13. The maximum Gasteiger partial charge on any atom is 0.573 e. The number of rotatable bonds is 9. The Balaban J connectivity index is 1.46. The first-order chi connectivity index (χ1) is 17.4. The zero-order valence-corrected chi connectivity index (χ0v) is 20.0. The van der Waals surface area contributed by atoms with E-state index in [4.69, 9.17) is 4.74 Å². The molecule has 194 valence electrons. The van der Waals surface area contributed by atoms with E-state index < -0.39 is 17.9 Å². The van der Waals surface area contributed by atoms with E-state index in [1.807, 2.05) is 0 Å². The third-order valence-corrected chi connectivity index (χ3v) is 5.55. The Morgan fingerprint density at radius 3 is 2.38 bits per heavy atom. The summed E-state index contributed by atoms with van der Waals surface area (Å²) < 4.78 is 46.6. The van der Waals surface area contributed by atoms with Crippen molar-refractivity contribution in [3.05, 3.63) is 66.0 Å². The zero-order valence-electron chi connectivity index (χ0n) is 20.0. The van der Waals surface area contributed by atoms with E-state index in [1.54, 1.807) is 24.3 Å². The first-order valence-corrected chi connectivity index (χ1v) is 11.4. The van der Waals surface area contributed by atoms with Crippen LogP contribution in [0.25, 0.3) is 11.4 Å². The normalized spacial score (nSPS) is 13.6. The van der Waals surface area contributed by atoms with E-state index in [0.717, 1.165) is 12.8 Å². The van der Waals surface area contributed by atoms with Gasteiger partial charge in [0.2, 0.25) is 5.91 Å². The van der Waals surface area contributed by atoms with E-state index in [9.17, 15) is 27.9 Å². The number of carbonyl (C=O) groups excluding carboxylic acids is 1. The molecule has 2 aromatic carbocycles. The largest absolute Gasteiger partial charge is 0.573 e. The molecule has 0 aliphatic heterocycles. The molecule has 37 heavy (non-hydrogen) atoms. The van der Waals surface area contributed by atoms with Crippen molar-refractivity contribution in [2.24, 2.45) is 0 Å². The van der Waals surface area contributed by atoms with Crippen molar-refractivity contribution < 1.29 is 37.3 Å². The highest BCUT2D eigenvalue weighted by Gasteiger charge is 2.32. The SMILES string of the molecule is CC(C)(Oc1cccc(CC(=O)Nc2cnc(-c3ccc(OC(F)(F)F)cc3)nc2C2CC2)c1)C(=O)O. The number of aromatic nitrogens is 2. The van der Waals surface area contributed by atoms with Crippen molar-refractivity contribution in [3.8, 4) is 22.9 Å². The molecule has 3 aromatic rings. The molecular weight excluding hydrogens is 491 g/mol. The van der Waals surface area contributed by atoms with Gasteiger partial charge in [-0.2, -0.15) is 0 Å². The predicted molar refractivity (Wildman–Crippen MR) is 127 cm³/mol. The topological polar surface area (TPSA) is 111 Å². The Labute approximate surface area is 210 Å². The van der Waals surface area contributed by atoms with E-state index in [0.29, 0.717) is 34.1 Å². The van der Waals surface area contributed by atoms with Crippen LogP contribution in [0.1, 0.15) is 43.9 Å². The molecule has 0 bridgehead atoms. The lowest BCUT2D eigenvalue weighted by molar-refractivity contribution is -0.274. The minimum absolute atomic E-state index is 0.0111. The predicted octanol–water partition coefficient (Wildman–Crippen LogP) is 5.34. The number of carboxylic acid groups (broad SMARTS) is 1. The summed E-state index contributed by atoms with van der Waals surface area (Å²) in [6.45, 7) is 2.87. The number of ether oxygens (including phenoxy) is 2. The molecule has 0 atom stereocenters. The summed E-state index contributed by atoms with van der Waals surface area (Å²) >= 11 is 0. The number of carbonyl (C=O) groups is 2. The van der Waals surface area contributed by atoms with E-state index >= 15 is 0 Å². The Kier molecular flexibility index (Phi) is 7.06. The fraction of sp³-hybridized carbons (Fsp3) is 0.308. The molecule has 0 spiro atoms. The van der Waals surface area contributed by atoms with Crippen LogP contribution in [-0.2, 0) is 16.0 Å². The molecule has 1 aromatic heterocycles. The number of benzene rings is 2. The maximum absolute atomic E-state index is 12.8. The third-order valence-electron chi connectivity index (χ3n) is 5.55. The average molecular weight is 515 g/mol. The first-order valence-electron chi connectivity index (χ1n) is 11.4. The molecule has 1 saturated carbocycles. The highest BCUT2D eigenvalue weighted by atomic mass is 19.4. The van der Waals surface area contributed by atoms with Crippen LogP contribution in [0.15, 0.2) is 54.7 Å². The molecule has 4 rings (SSSR count). The molecule has 1 aliphatic carbocycles. The minimum Gasteiger partial charge on any atom is -0.478 e. The zero-order chi connectivity index (χ0) is 26.8. The highest BCUT2D eigenvalue weighted by molar-refractivity contribution is 5.93. The molecule has 1 heterocycles. The van der Waals surface area contributed by atoms with Crippen molar-refractivity contribution in [1.82, 2.24) is 9.97 Å². The fourth-order valence-corrected chi connectivity index (χ4v) is 3.54. The number of halogens is 3. The summed E-state index contributed by atoms with van der Waals surface area (Å²) in [4.78, 5) is 33.0. The molecule has 8 nitrogen and oxygen atoms in total. The summed E-state index contributed by atoms with van der Waals surface area (Å²) in [6, 6.07) is 11.9. The van der Waals surface area contributed by atoms with Crippen LogP contribution in [0, 0.1) is 0 Å². The summed E-state index contributed by atoms with van der Waals surface area (Å²) in [7, 11) is 0. The Morgan fingerprint density at radius 1 is 1.05 bits per heavy atom. The van der Waals surface area contributed by atoms with Crippen LogP contribution in [0.2, 0.25) is 0 Å². The molecule has 1 amide bonds. The number of hydrogen-bond donors (Lipinski definition) is 2. The quantitative estimate of drug-likeness (QED) is 0.396. The lowest BCUT2D eigenvalue weighted by Crippen LogP contribution is -2.37. The molecular formula is C26H24F3N3O5. The van der Waals surface area contributed by atoms with E-state index in [-0.39, 0.29) is 24.0 Å². The van der Waals surface area contributed by atoms with Crippen molar-refractivity contribution in [2.45, 2.75) is 51.0 Å².